The minimum absolute atomic E-state index is 0.0741. The number of nitrogens with one attached hydrogen (secondary N) is 1. The SMILES string of the molecule is C[C@@H](OCc1ccccc1)[C@@H](C)Oc1nc(Nc2ccc([S@@](=O)(=NC(=O)C(F)(F)F)C3CC3)cc2)ncc1C(F)(F)F.O=S(=O)(O)c1ccccc1. The quantitative estimate of drug-likeness (QED) is 0.115. The van der Waals surface area contributed by atoms with Crippen LogP contribution in [0.15, 0.2) is 105 Å². The number of alkyl halides is 6. The van der Waals surface area contributed by atoms with Crippen LogP contribution >= 0.6 is 0 Å². The van der Waals surface area contributed by atoms with E-state index in [-0.39, 0.29) is 28.0 Å². The highest BCUT2D eigenvalue weighted by Gasteiger charge is 2.43. The Bertz CT molecular complexity index is 2060. The molecule has 5 rings (SSSR count). The van der Waals surface area contributed by atoms with Gasteiger partial charge in [-0.15, -0.1) is 4.36 Å². The fourth-order valence-corrected chi connectivity index (χ4v) is 7.05. The highest BCUT2D eigenvalue weighted by atomic mass is 32.2. The first kappa shape index (κ1) is 40.2. The van der Waals surface area contributed by atoms with E-state index in [2.05, 4.69) is 19.6 Å². The van der Waals surface area contributed by atoms with Crippen molar-refractivity contribution in [3.63, 3.8) is 0 Å². The summed E-state index contributed by atoms with van der Waals surface area (Å²) >= 11 is 0. The van der Waals surface area contributed by atoms with E-state index in [1.54, 1.807) is 25.1 Å². The average molecular weight is 775 g/mol. The van der Waals surface area contributed by atoms with Crippen LogP contribution in [0.1, 0.15) is 37.8 Å². The van der Waals surface area contributed by atoms with Crippen LogP contribution in [-0.2, 0) is 42.2 Å². The van der Waals surface area contributed by atoms with Crippen LogP contribution < -0.4 is 10.1 Å². The summed E-state index contributed by atoms with van der Waals surface area (Å²) in [5, 5.41) is 2.00. The number of carbonyl (C=O) groups is 1. The summed E-state index contributed by atoms with van der Waals surface area (Å²) < 4.78 is 136. The lowest BCUT2D eigenvalue weighted by atomic mass is 10.2. The summed E-state index contributed by atoms with van der Waals surface area (Å²) in [6, 6.07) is 21.7. The number of halogens is 6. The zero-order valence-corrected chi connectivity index (χ0v) is 29.0. The molecule has 19 heteroatoms. The van der Waals surface area contributed by atoms with Gasteiger partial charge in [-0.2, -0.15) is 39.7 Å². The van der Waals surface area contributed by atoms with E-state index in [0.717, 1.165) is 5.56 Å². The van der Waals surface area contributed by atoms with Gasteiger partial charge in [-0.3, -0.25) is 9.35 Å². The topological polar surface area (TPSA) is 157 Å². The van der Waals surface area contributed by atoms with Gasteiger partial charge in [-0.25, -0.2) is 9.19 Å². The zero-order valence-electron chi connectivity index (χ0n) is 27.3. The maximum atomic E-state index is 13.7. The smallest absolute Gasteiger partial charge is 0.471 e. The monoisotopic (exact) mass is 774 g/mol. The van der Waals surface area contributed by atoms with Crippen molar-refractivity contribution in [3.8, 4) is 5.88 Å². The van der Waals surface area contributed by atoms with E-state index in [1.165, 1.54) is 43.3 Å². The average Bonchev–Trinajstić information content (AvgIpc) is 3.94. The summed E-state index contributed by atoms with van der Waals surface area (Å²) in [7, 11) is -7.68. The number of nitrogens with zero attached hydrogens (tertiary/aromatic N) is 3. The molecule has 0 spiro atoms. The molecular formula is C33H32F6N4O7S2. The van der Waals surface area contributed by atoms with Crippen LogP contribution in [0.25, 0.3) is 0 Å². The number of aromatic nitrogens is 2. The van der Waals surface area contributed by atoms with E-state index in [0.29, 0.717) is 19.0 Å². The van der Waals surface area contributed by atoms with Crippen LogP contribution in [0, 0.1) is 0 Å². The Labute approximate surface area is 295 Å². The fourth-order valence-electron chi connectivity index (χ4n) is 4.26. The molecule has 1 aliphatic carbocycles. The van der Waals surface area contributed by atoms with Crippen LogP contribution in [0.4, 0.5) is 38.0 Å². The molecule has 2 N–H and O–H groups in total. The molecule has 1 aliphatic rings. The van der Waals surface area contributed by atoms with Crippen molar-refractivity contribution in [2.24, 2.45) is 4.36 Å². The van der Waals surface area contributed by atoms with E-state index in [4.69, 9.17) is 14.0 Å². The lowest BCUT2D eigenvalue weighted by Crippen LogP contribution is -2.30. The fraction of sp³-hybridized carbons (Fsp3) is 0.303. The Kier molecular flexibility index (Phi) is 12.7. The standard InChI is InChI=1S/C27H26F6N4O4S.C6H6O3S/c1-16(40-15-18-6-4-3-5-7-18)17(2)41-23-22(26(28,29)30)14-34-25(36-23)35-19-8-10-20(11-9-19)42(39,21-12-13-21)37-24(38)27(31,32)33;7-10(8,9)6-4-2-1-3-5-6/h3-11,14,16-17,21H,12-13,15H2,1-2H3,(H,34,35,36);1-5H,(H,7,8,9)/t16-,17-,42+;/m1./s1. The molecule has 11 nitrogen and oxygen atoms in total. The molecule has 3 aromatic carbocycles. The van der Waals surface area contributed by atoms with Crippen molar-refractivity contribution in [1.29, 1.82) is 0 Å². The molecule has 1 saturated carbocycles. The highest BCUT2D eigenvalue weighted by Crippen LogP contribution is 2.38. The maximum Gasteiger partial charge on any atom is 0.474 e. The van der Waals surface area contributed by atoms with Crippen molar-refractivity contribution in [1.82, 2.24) is 9.97 Å². The predicted molar refractivity (Wildman–Crippen MR) is 177 cm³/mol. The minimum Gasteiger partial charge on any atom is -0.471 e. The van der Waals surface area contributed by atoms with Crippen LogP contribution in [-0.4, -0.2) is 56.7 Å². The van der Waals surface area contributed by atoms with Crippen molar-refractivity contribution in [2.45, 2.75) is 72.9 Å². The Balaban J connectivity index is 0.000000521. The molecule has 0 unspecified atom stereocenters. The molecule has 1 aromatic heterocycles. The molecular weight excluding hydrogens is 743 g/mol. The van der Waals surface area contributed by atoms with E-state index < -0.39 is 67.0 Å². The Morgan fingerprint density at radius 3 is 1.96 bits per heavy atom. The van der Waals surface area contributed by atoms with Gasteiger partial charge < -0.3 is 14.8 Å². The Morgan fingerprint density at radius 1 is 0.885 bits per heavy atom. The largest absolute Gasteiger partial charge is 0.474 e. The molecule has 52 heavy (non-hydrogen) atoms. The number of amides is 1. The van der Waals surface area contributed by atoms with Crippen LogP contribution in [0.3, 0.4) is 0 Å². The molecule has 0 radical (unpaired) electrons. The Hall–Kier alpha value is -4.59. The summed E-state index contributed by atoms with van der Waals surface area (Å²) in [4.78, 5) is 18.9. The molecule has 0 saturated heterocycles. The summed E-state index contributed by atoms with van der Waals surface area (Å²) in [6.07, 6.45) is -10.3. The van der Waals surface area contributed by atoms with Crippen molar-refractivity contribution >= 4 is 37.4 Å². The number of anilines is 2. The summed E-state index contributed by atoms with van der Waals surface area (Å²) in [5.41, 5.74) is -0.108. The first-order chi connectivity index (χ1) is 24.3. The minimum atomic E-state index is -5.26. The molecule has 1 amide bonds. The van der Waals surface area contributed by atoms with Gasteiger partial charge in [0, 0.05) is 22.0 Å². The first-order valence-electron chi connectivity index (χ1n) is 15.3. The predicted octanol–water partition coefficient (Wildman–Crippen LogP) is 7.62. The third-order valence-corrected chi connectivity index (χ3v) is 10.9. The molecule has 280 valence electrons. The van der Waals surface area contributed by atoms with Crippen LogP contribution in [0.2, 0.25) is 0 Å². The number of ether oxygens (including phenoxy) is 2. The van der Waals surface area contributed by atoms with Gasteiger partial charge in [0.2, 0.25) is 11.8 Å². The summed E-state index contributed by atoms with van der Waals surface area (Å²) in [5.74, 6) is -3.43. The van der Waals surface area contributed by atoms with Gasteiger partial charge in [0.1, 0.15) is 11.7 Å². The van der Waals surface area contributed by atoms with Gasteiger partial charge in [0.25, 0.3) is 10.1 Å². The molecule has 4 aromatic rings. The molecule has 0 bridgehead atoms. The van der Waals surface area contributed by atoms with Crippen LogP contribution in [0.5, 0.6) is 5.88 Å². The van der Waals surface area contributed by atoms with Gasteiger partial charge >= 0.3 is 18.3 Å². The Morgan fingerprint density at radius 2 is 1.46 bits per heavy atom. The molecule has 0 aliphatic heterocycles. The van der Waals surface area contributed by atoms with Crippen molar-refractivity contribution in [2.75, 3.05) is 5.32 Å². The second-order valence-electron chi connectivity index (χ2n) is 11.3. The zero-order chi connectivity index (χ0) is 38.3. The molecule has 1 heterocycles. The lowest BCUT2D eigenvalue weighted by molar-refractivity contribution is -0.169. The third kappa shape index (κ3) is 11.2. The number of rotatable bonds is 11. The van der Waals surface area contributed by atoms with E-state index >= 15 is 0 Å². The van der Waals surface area contributed by atoms with Crippen molar-refractivity contribution in [3.05, 3.63) is 102 Å². The molecule has 3 atom stereocenters. The normalized spacial score (nSPS) is 15.6. The maximum absolute atomic E-state index is 13.7. The molecule has 1 fully saturated rings. The second kappa shape index (κ2) is 16.4. The number of carbonyl (C=O) groups excluding carboxylic acids is 1. The highest BCUT2D eigenvalue weighted by molar-refractivity contribution is 7.94. The van der Waals surface area contributed by atoms with Gasteiger partial charge in [-0.1, -0.05) is 48.5 Å². The van der Waals surface area contributed by atoms with Gasteiger partial charge in [-0.05, 0) is 68.7 Å². The van der Waals surface area contributed by atoms with Gasteiger partial charge in [0.15, 0.2) is 0 Å². The van der Waals surface area contributed by atoms with Crippen molar-refractivity contribution < 1.29 is 57.8 Å². The van der Waals surface area contributed by atoms with Gasteiger partial charge in [0.05, 0.1) is 27.3 Å². The number of hydrogen-bond acceptors (Lipinski definition) is 9. The second-order valence-corrected chi connectivity index (χ2v) is 15.2. The van der Waals surface area contributed by atoms with E-state index in [1.807, 2.05) is 30.3 Å². The summed E-state index contributed by atoms with van der Waals surface area (Å²) in [6.45, 7) is 3.41. The number of benzene rings is 3. The third-order valence-electron chi connectivity index (χ3n) is 7.30. The van der Waals surface area contributed by atoms with E-state index in [9.17, 15) is 43.8 Å². The lowest BCUT2D eigenvalue weighted by Gasteiger charge is -2.23. The number of hydrogen-bond donors (Lipinski definition) is 2. The first-order valence-corrected chi connectivity index (χ1v) is 18.3.